The first-order chi connectivity index (χ1) is 14.9. The highest BCUT2D eigenvalue weighted by Crippen LogP contribution is 2.21. The number of hydrogen-bond donors (Lipinski definition) is 3. The number of aromatic amines is 1. The molecule has 0 fully saturated rings. The normalized spacial score (nSPS) is 11.3. The molecule has 4 aromatic rings. The first kappa shape index (κ1) is 20.4. The van der Waals surface area contributed by atoms with Crippen LogP contribution in [-0.4, -0.2) is 36.6 Å². The van der Waals surface area contributed by atoms with Crippen molar-refractivity contribution in [2.45, 2.75) is 11.8 Å². The van der Waals surface area contributed by atoms with E-state index in [1.807, 2.05) is 6.92 Å². The fraction of sp³-hybridized carbons (Fsp3) is 0.0952. The maximum atomic E-state index is 12.7. The second-order valence-electron chi connectivity index (χ2n) is 6.75. The number of amides is 1. The SMILES string of the molecule is COc1ccc(NS(=O)(=O)c2cccc(C(=O)Nc3cnc4[nH]nc(C)c4c3)c2)cc1. The molecule has 0 saturated heterocycles. The van der Waals surface area contributed by atoms with Crippen LogP contribution in [0.15, 0.2) is 65.7 Å². The first-order valence-corrected chi connectivity index (χ1v) is 10.7. The van der Waals surface area contributed by atoms with Crippen LogP contribution < -0.4 is 14.8 Å². The van der Waals surface area contributed by atoms with Crippen LogP contribution in [0.2, 0.25) is 0 Å². The van der Waals surface area contributed by atoms with E-state index in [1.54, 1.807) is 30.3 Å². The minimum Gasteiger partial charge on any atom is -0.497 e. The van der Waals surface area contributed by atoms with Gasteiger partial charge in [0.15, 0.2) is 5.65 Å². The third-order valence-corrected chi connectivity index (χ3v) is 5.99. The van der Waals surface area contributed by atoms with E-state index in [-0.39, 0.29) is 10.5 Å². The summed E-state index contributed by atoms with van der Waals surface area (Å²) in [4.78, 5) is 16.9. The first-order valence-electron chi connectivity index (χ1n) is 9.25. The molecule has 10 heteroatoms. The standard InChI is InChI=1S/C21H19N5O4S/c1-13-19-11-16(12-22-20(19)25-24-13)23-21(27)14-4-3-5-18(10-14)31(28,29)26-15-6-8-17(30-2)9-7-15/h3-12,26H,1-2H3,(H,23,27)(H,22,24,25). The number of benzene rings is 2. The summed E-state index contributed by atoms with van der Waals surface area (Å²) in [7, 11) is -2.36. The van der Waals surface area contributed by atoms with Crippen LogP contribution >= 0.6 is 0 Å². The van der Waals surface area contributed by atoms with Crippen LogP contribution in [-0.2, 0) is 10.0 Å². The molecule has 2 aromatic carbocycles. The second kappa shape index (κ2) is 8.07. The van der Waals surface area contributed by atoms with E-state index in [4.69, 9.17) is 4.74 Å². The summed E-state index contributed by atoms with van der Waals surface area (Å²) in [5.74, 6) is 0.156. The number of fused-ring (bicyclic) bond motifs is 1. The minimum absolute atomic E-state index is 0.0322. The van der Waals surface area contributed by atoms with E-state index in [2.05, 4.69) is 25.2 Å². The van der Waals surface area contributed by atoms with Gasteiger partial charge in [0.25, 0.3) is 15.9 Å². The number of H-pyrrole nitrogens is 1. The Labute approximate surface area is 178 Å². The number of nitrogens with zero attached hydrogens (tertiary/aromatic N) is 2. The Hall–Kier alpha value is -3.92. The second-order valence-corrected chi connectivity index (χ2v) is 8.43. The van der Waals surface area contributed by atoms with Crippen LogP contribution in [0.3, 0.4) is 0 Å². The summed E-state index contributed by atoms with van der Waals surface area (Å²) in [6.45, 7) is 1.83. The molecule has 1 amide bonds. The zero-order valence-corrected chi connectivity index (χ0v) is 17.5. The van der Waals surface area contributed by atoms with E-state index < -0.39 is 15.9 Å². The van der Waals surface area contributed by atoms with Gasteiger partial charge >= 0.3 is 0 Å². The van der Waals surface area contributed by atoms with Crippen molar-refractivity contribution in [2.24, 2.45) is 0 Å². The number of hydrogen-bond acceptors (Lipinski definition) is 6. The van der Waals surface area contributed by atoms with Gasteiger partial charge in [0, 0.05) is 16.6 Å². The number of nitrogens with one attached hydrogen (secondary N) is 3. The van der Waals surface area contributed by atoms with Crippen molar-refractivity contribution < 1.29 is 17.9 Å². The van der Waals surface area contributed by atoms with Gasteiger partial charge in [-0.3, -0.25) is 14.6 Å². The third-order valence-electron chi connectivity index (χ3n) is 4.61. The van der Waals surface area contributed by atoms with Crippen molar-refractivity contribution in [1.82, 2.24) is 15.2 Å². The largest absolute Gasteiger partial charge is 0.497 e. The van der Waals surface area contributed by atoms with Crippen LogP contribution in [0.1, 0.15) is 16.1 Å². The average molecular weight is 437 g/mol. The summed E-state index contributed by atoms with van der Waals surface area (Å²) >= 11 is 0. The molecule has 0 spiro atoms. The van der Waals surface area contributed by atoms with Crippen LogP contribution in [0.4, 0.5) is 11.4 Å². The fourth-order valence-corrected chi connectivity index (χ4v) is 4.08. The van der Waals surface area contributed by atoms with E-state index in [0.717, 1.165) is 11.1 Å². The van der Waals surface area contributed by atoms with Gasteiger partial charge in [-0.1, -0.05) is 6.07 Å². The summed E-state index contributed by atoms with van der Waals surface area (Å²) in [6, 6.07) is 14.0. The lowest BCUT2D eigenvalue weighted by Gasteiger charge is -2.10. The number of aromatic nitrogens is 3. The zero-order valence-electron chi connectivity index (χ0n) is 16.7. The Kier molecular flexibility index (Phi) is 5.30. The maximum absolute atomic E-state index is 12.7. The molecule has 9 nitrogen and oxygen atoms in total. The lowest BCUT2D eigenvalue weighted by molar-refractivity contribution is 0.102. The number of ether oxygens (including phenoxy) is 1. The molecule has 0 saturated carbocycles. The number of sulfonamides is 1. The number of carbonyl (C=O) groups excluding carboxylic acids is 1. The van der Waals surface area contributed by atoms with Crippen molar-refractivity contribution in [3.05, 3.63) is 72.1 Å². The molecule has 4 rings (SSSR count). The Bertz CT molecular complexity index is 1360. The molecule has 0 radical (unpaired) electrons. The maximum Gasteiger partial charge on any atom is 0.261 e. The Morgan fingerprint density at radius 1 is 1.06 bits per heavy atom. The van der Waals surface area contributed by atoms with Gasteiger partial charge in [0.05, 0.1) is 29.6 Å². The lowest BCUT2D eigenvalue weighted by atomic mass is 10.2. The number of methoxy groups -OCH3 is 1. The molecule has 2 heterocycles. The molecule has 0 unspecified atom stereocenters. The van der Waals surface area contributed by atoms with E-state index in [9.17, 15) is 13.2 Å². The highest BCUT2D eigenvalue weighted by atomic mass is 32.2. The van der Waals surface area contributed by atoms with Gasteiger partial charge in [0.1, 0.15) is 5.75 Å². The molecule has 0 aliphatic carbocycles. The van der Waals surface area contributed by atoms with Crippen LogP contribution in [0.5, 0.6) is 5.75 Å². The summed E-state index contributed by atoms with van der Waals surface area (Å²) in [5, 5.41) is 10.4. The van der Waals surface area contributed by atoms with Gasteiger partial charge in [-0.15, -0.1) is 0 Å². The van der Waals surface area contributed by atoms with E-state index in [0.29, 0.717) is 22.8 Å². The van der Waals surface area contributed by atoms with Crippen molar-refractivity contribution in [1.29, 1.82) is 0 Å². The van der Waals surface area contributed by atoms with Crippen LogP contribution in [0, 0.1) is 6.92 Å². The molecule has 0 aliphatic rings. The number of carbonyl (C=O) groups is 1. The van der Waals surface area contributed by atoms with E-state index >= 15 is 0 Å². The molecular weight excluding hydrogens is 418 g/mol. The predicted octanol–water partition coefficient (Wildman–Crippen LogP) is 3.33. The Morgan fingerprint density at radius 2 is 1.84 bits per heavy atom. The van der Waals surface area contributed by atoms with Gasteiger partial charge in [-0.05, 0) is 55.5 Å². The van der Waals surface area contributed by atoms with Crippen molar-refractivity contribution in [3.8, 4) is 5.75 Å². The van der Waals surface area contributed by atoms with E-state index in [1.165, 1.54) is 37.6 Å². The fourth-order valence-electron chi connectivity index (χ4n) is 2.98. The molecule has 0 atom stereocenters. The van der Waals surface area contributed by atoms with Crippen molar-refractivity contribution in [2.75, 3.05) is 17.1 Å². The van der Waals surface area contributed by atoms with Gasteiger partial charge in [-0.25, -0.2) is 13.4 Å². The molecular formula is C21H19N5O4S. The Balaban J connectivity index is 1.54. The highest BCUT2D eigenvalue weighted by molar-refractivity contribution is 7.92. The quantitative estimate of drug-likeness (QED) is 0.425. The number of rotatable bonds is 6. The number of pyridine rings is 1. The predicted molar refractivity (Wildman–Crippen MR) is 117 cm³/mol. The van der Waals surface area contributed by atoms with Gasteiger partial charge < -0.3 is 10.1 Å². The third kappa shape index (κ3) is 4.33. The smallest absolute Gasteiger partial charge is 0.261 e. The number of anilines is 2. The average Bonchev–Trinajstić information content (AvgIpc) is 3.14. The van der Waals surface area contributed by atoms with Crippen molar-refractivity contribution in [3.63, 3.8) is 0 Å². The molecule has 2 aromatic heterocycles. The Morgan fingerprint density at radius 3 is 2.58 bits per heavy atom. The molecule has 0 bridgehead atoms. The molecule has 0 aliphatic heterocycles. The molecule has 158 valence electrons. The minimum atomic E-state index is -3.88. The summed E-state index contributed by atoms with van der Waals surface area (Å²) in [5.41, 5.74) is 2.43. The molecule has 31 heavy (non-hydrogen) atoms. The summed E-state index contributed by atoms with van der Waals surface area (Å²) < 4.78 is 33.1. The van der Waals surface area contributed by atoms with Gasteiger partial charge in [-0.2, -0.15) is 5.10 Å². The zero-order chi connectivity index (χ0) is 22.0. The summed E-state index contributed by atoms with van der Waals surface area (Å²) in [6.07, 6.45) is 1.50. The monoisotopic (exact) mass is 437 g/mol. The highest BCUT2D eigenvalue weighted by Gasteiger charge is 2.17. The molecule has 3 N–H and O–H groups in total. The van der Waals surface area contributed by atoms with Crippen LogP contribution in [0.25, 0.3) is 11.0 Å². The number of aryl methyl sites for hydroxylation is 1. The topological polar surface area (TPSA) is 126 Å². The lowest BCUT2D eigenvalue weighted by Crippen LogP contribution is -2.16. The van der Waals surface area contributed by atoms with Crippen molar-refractivity contribution >= 4 is 38.3 Å². The van der Waals surface area contributed by atoms with Gasteiger partial charge in [0.2, 0.25) is 0 Å².